The third-order valence-corrected chi connectivity index (χ3v) is 3.73. The summed E-state index contributed by atoms with van der Waals surface area (Å²) in [7, 11) is 0. The summed E-state index contributed by atoms with van der Waals surface area (Å²) < 4.78 is 0. The van der Waals surface area contributed by atoms with Crippen LogP contribution >= 0.6 is 24.2 Å². The van der Waals surface area contributed by atoms with E-state index in [1.165, 1.54) is 4.90 Å². The van der Waals surface area contributed by atoms with E-state index in [9.17, 15) is 4.79 Å². The third-order valence-electron chi connectivity index (χ3n) is 2.98. The standard InChI is InChI=1S/C13H18N2OS.ClH/c1-17-12-6-4-10(5-7-12)13(16)15-11-3-2-8-14-9-11;/h4-7,11,14H,2-3,8-9H2,1H3,(H,15,16);1H/t11-;/m0./s1. The van der Waals surface area contributed by atoms with Crippen molar-refractivity contribution >= 4 is 30.1 Å². The molecule has 0 saturated carbocycles. The van der Waals surface area contributed by atoms with Crippen LogP contribution in [0.25, 0.3) is 0 Å². The summed E-state index contributed by atoms with van der Waals surface area (Å²) in [4.78, 5) is 13.1. The van der Waals surface area contributed by atoms with Gasteiger partial charge >= 0.3 is 0 Å². The molecule has 2 N–H and O–H groups in total. The van der Waals surface area contributed by atoms with Crippen LogP contribution in [0.1, 0.15) is 23.2 Å². The van der Waals surface area contributed by atoms with Crippen LogP contribution < -0.4 is 10.6 Å². The van der Waals surface area contributed by atoms with E-state index in [-0.39, 0.29) is 24.4 Å². The van der Waals surface area contributed by atoms with Crippen LogP contribution in [0.4, 0.5) is 0 Å². The second-order valence-electron chi connectivity index (χ2n) is 4.25. The first-order chi connectivity index (χ1) is 8.29. The van der Waals surface area contributed by atoms with E-state index < -0.39 is 0 Å². The highest BCUT2D eigenvalue weighted by atomic mass is 35.5. The van der Waals surface area contributed by atoms with Crippen LogP contribution in [-0.4, -0.2) is 31.3 Å². The first-order valence-electron chi connectivity index (χ1n) is 5.95. The van der Waals surface area contributed by atoms with Gasteiger partial charge in [-0.05, 0) is 49.9 Å². The Labute approximate surface area is 119 Å². The Bertz CT molecular complexity index is 377. The summed E-state index contributed by atoms with van der Waals surface area (Å²) in [5.41, 5.74) is 0.744. The van der Waals surface area contributed by atoms with E-state index in [1.54, 1.807) is 11.8 Å². The molecule has 3 nitrogen and oxygen atoms in total. The molecule has 1 fully saturated rings. The molecule has 0 unspecified atom stereocenters. The van der Waals surface area contributed by atoms with Crippen molar-refractivity contribution in [3.05, 3.63) is 29.8 Å². The monoisotopic (exact) mass is 286 g/mol. The fourth-order valence-electron chi connectivity index (χ4n) is 1.99. The van der Waals surface area contributed by atoms with Gasteiger partial charge < -0.3 is 10.6 Å². The van der Waals surface area contributed by atoms with Crippen LogP contribution in [0.15, 0.2) is 29.2 Å². The smallest absolute Gasteiger partial charge is 0.251 e. The minimum absolute atomic E-state index is 0. The molecule has 0 bridgehead atoms. The lowest BCUT2D eigenvalue weighted by atomic mass is 10.1. The van der Waals surface area contributed by atoms with E-state index in [4.69, 9.17) is 0 Å². The second kappa shape index (κ2) is 7.67. The third kappa shape index (κ3) is 4.19. The van der Waals surface area contributed by atoms with E-state index in [0.29, 0.717) is 0 Å². The predicted molar refractivity (Wildman–Crippen MR) is 78.8 cm³/mol. The Morgan fingerprint density at radius 2 is 2.11 bits per heavy atom. The summed E-state index contributed by atoms with van der Waals surface area (Å²) in [5, 5.41) is 6.36. The lowest BCUT2D eigenvalue weighted by Gasteiger charge is -2.23. The van der Waals surface area contributed by atoms with Gasteiger partial charge in [-0.15, -0.1) is 24.2 Å². The van der Waals surface area contributed by atoms with E-state index in [1.807, 2.05) is 30.5 Å². The number of halogens is 1. The van der Waals surface area contributed by atoms with E-state index in [2.05, 4.69) is 10.6 Å². The fraction of sp³-hybridized carbons (Fsp3) is 0.462. The lowest BCUT2D eigenvalue weighted by Crippen LogP contribution is -2.45. The Morgan fingerprint density at radius 1 is 1.39 bits per heavy atom. The number of benzene rings is 1. The topological polar surface area (TPSA) is 41.1 Å². The Hall–Kier alpha value is -0.710. The highest BCUT2D eigenvalue weighted by Gasteiger charge is 2.15. The fourth-order valence-corrected chi connectivity index (χ4v) is 2.39. The molecule has 1 atom stereocenters. The van der Waals surface area contributed by atoms with Gasteiger partial charge in [0.05, 0.1) is 0 Å². The Morgan fingerprint density at radius 3 is 2.67 bits per heavy atom. The minimum Gasteiger partial charge on any atom is -0.348 e. The summed E-state index contributed by atoms with van der Waals surface area (Å²) in [6.07, 6.45) is 4.24. The molecule has 1 heterocycles. The van der Waals surface area contributed by atoms with Gasteiger partial charge in [-0.3, -0.25) is 4.79 Å². The van der Waals surface area contributed by atoms with E-state index in [0.717, 1.165) is 31.5 Å². The lowest BCUT2D eigenvalue weighted by molar-refractivity contribution is 0.0930. The number of amides is 1. The Balaban J connectivity index is 0.00000162. The number of thioether (sulfide) groups is 1. The maximum atomic E-state index is 12.0. The van der Waals surface area contributed by atoms with Crippen molar-refractivity contribution in [3.63, 3.8) is 0 Å². The van der Waals surface area contributed by atoms with Gasteiger partial charge in [0, 0.05) is 23.0 Å². The average molecular weight is 287 g/mol. The largest absolute Gasteiger partial charge is 0.348 e. The number of rotatable bonds is 3. The van der Waals surface area contributed by atoms with Crippen molar-refractivity contribution in [2.45, 2.75) is 23.8 Å². The average Bonchev–Trinajstić information content (AvgIpc) is 2.40. The molecule has 1 amide bonds. The number of piperidine rings is 1. The summed E-state index contributed by atoms with van der Waals surface area (Å²) in [5.74, 6) is 0.0337. The highest BCUT2D eigenvalue weighted by molar-refractivity contribution is 7.98. The van der Waals surface area contributed by atoms with Crippen LogP contribution in [0.3, 0.4) is 0 Å². The number of nitrogens with one attached hydrogen (secondary N) is 2. The molecule has 1 aromatic carbocycles. The molecular formula is C13H19ClN2OS. The molecule has 2 rings (SSSR count). The van der Waals surface area contributed by atoms with Crippen LogP contribution in [0.2, 0.25) is 0 Å². The molecular weight excluding hydrogens is 268 g/mol. The second-order valence-corrected chi connectivity index (χ2v) is 5.12. The van der Waals surface area contributed by atoms with Gasteiger partial charge in [0.2, 0.25) is 0 Å². The van der Waals surface area contributed by atoms with Crippen molar-refractivity contribution in [1.29, 1.82) is 0 Å². The van der Waals surface area contributed by atoms with Crippen molar-refractivity contribution < 1.29 is 4.79 Å². The zero-order chi connectivity index (χ0) is 12.1. The maximum Gasteiger partial charge on any atom is 0.251 e. The summed E-state index contributed by atoms with van der Waals surface area (Å²) in [6.45, 7) is 1.95. The minimum atomic E-state index is 0. The SMILES string of the molecule is CSc1ccc(C(=O)N[C@H]2CCCNC2)cc1.Cl. The molecule has 5 heteroatoms. The molecule has 1 aliphatic heterocycles. The van der Waals surface area contributed by atoms with Gasteiger partial charge in [-0.2, -0.15) is 0 Å². The molecule has 0 spiro atoms. The maximum absolute atomic E-state index is 12.0. The van der Waals surface area contributed by atoms with Crippen molar-refractivity contribution in [1.82, 2.24) is 10.6 Å². The van der Waals surface area contributed by atoms with Crippen molar-refractivity contribution in [2.75, 3.05) is 19.3 Å². The Kier molecular flexibility index (Phi) is 6.54. The molecule has 100 valence electrons. The zero-order valence-electron chi connectivity index (χ0n) is 10.4. The van der Waals surface area contributed by atoms with Crippen LogP contribution in [-0.2, 0) is 0 Å². The van der Waals surface area contributed by atoms with Gasteiger partial charge in [0.1, 0.15) is 0 Å². The summed E-state index contributed by atoms with van der Waals surface area (Å²) in [6, 6.07) is 8.02. The van der Waals surface area contributed by atoms with Crippen molar-refractivity contribution in [3.8, 4) is 0 Å². The zero-order valence-corrected chi connectivity index (χ0v) is 12.1. The number of hydrogen-bond donors (Lipinski definition) is 2. The van der Waals surface area contributed by atoms with Crippen molar-refractivity contribution in [2.24, 2.45) is 0 Å². The summed E-state index contributed by atoms with van der Waals surface area (Å²) >= 11 is 1.68. The molecule has 1 saturated heterocycles. The number of carbonyl (C=O) groups excluding carboxylic acids is 1. The molecule has 18 heavy (non-hydrogen) atoms. The molecule has 1 aliphatic rings. The van der Waals surface area contributed by atoms with Gasteiger partial charge in [-0.25, -0.2) is 0 Å². The highest BCUT2D eigenvalue weighted by Crippen LogP contribution is 2.15. The normalized spacial score (nSPS) is 18.8. The molecule has 0 aliphatic carbocycles. The van der Waals surface area contributed by atoms with E-state index >= 15 is 0 Å². The quantitative estimate of drug-likeness (QED) is 0.838. The molecule has 0 radical (unpaired) electrons. The predicted octanol–water partition coefficient (Wildman–Crippen LogP) is 2.31. The first-order valence-corrected chi connectivity index (χ1v) is 7.17. The van der Waals surface area contributed by atoms with Crippen LogP contribution in [0.5, 0.6) is 0 Å². The van der Waals surface area contributed by atoms with Crippen LogP contribution in [0, 0.1) is 0 Å². The number of carbonyl (C=O) groups is 1. The van der Waals surface area contributed by atoms with Gasteiger partial charge in [0.15, 0.2) is 0 Å². The van der Waals surface area contributed by atoms with Gasteiger partial charge in [-0.1, -0.05) is 0 Å². The first kappa shape index (κ1) is 15.3. The van der Waals surface area contributed by atoms with Gasteiger partial charge in [0.25, 0.3) is 5.91 Å². The molecule has 0 aromatic heterocycles. The molecule has 1 aromatic rings. The number of hydrogen-bond acceptors (Lipinski definition) is 3.